The average molecular weight is 308 g/mol. The molecule has 0 unspecified atom stereocenters. The van der Waals surface area contributed by atoms with Crippen molar-refractivity contribution < 1.29 is 17.9 Å². The van der Waals surface area contributed by atoms with Gasteiger partial charge in [0.2, 0.25) is 0 Å². The van der Waals surface area contributed by atoms with Gasteiger partial charge in [-0.2, -0.15) is 13.2 Å². The predicted octanol–water partition coefficient (Wildman–Crippen LogP) is 3.57. The van der Waals surface area contributed by atoms with Gasteiger partial charge >= 0.3 is 6.18 Å². The summed E-state index contributed by atoms with van der Waals surface area (Å²) in [6.07, 6.45) is -1.45. The molecule has 0 atom stereocenters. The van der Waals surface area contributed by atoms with Gasteiger partial charge in [-0.15, -0.1) is 12.4 Å². The molecule has 1 fully saturated rings. The maximum Gasteiger partial charge on any atom is 0.416 e. The lowest BCUT2D eigenvalue weighted by Crippen LogP contribution is -2.48. The van der Waals surface area contributed by atoms with Crippen molar-refractivity contribution in [1.82, 2.24) is 5.32 Å². The Morgan fingerprint density at radius 2 is 1.80 bits per heavy atom. The number of hydrogen-bond donors (Lipinski definition) is 1. The highest BCUT2D eigenvalue weighted by Gasteiger charge is 2.41. The van der Waals surface area contributed by atoms with Crippen molar-refractivity contribution in [3.8, 4) is 5.75 Å². The van der Waals surface area contributed by atoms with E-state index in [0.29, 0.717) is 24.2 Å². The molecule has 0 aliphatic carbocycles. The van der Waals surface area contributed by atoms with Crippen molar-refractivity contribution in [2.45, 2.75) is 37.5 Å². The van der Waals surface area contributed by atoms with Crippen LogP contribution in [0.2, 0.25) is 0 Å². The molecule has 1 N–H and O–H groups in total. The molecule has 1 spiro atoms. The van der Waals surface area contributed by atoms with Gasteiger partial charge in [0, 0.05) is 5.56 Å². The first-order valence-corrected chi connectivity index (χ1v) is 6.59. The van der Waals surface area contributed by atoms with E-state index >= 15 is 0 Å². The lowest BCUT2D eigenvalue weighted by molar-refractivity contribution is -0.139. The molecule has 1 aromatic carbocycles. The summed E-state index contributed by atoms with van der Waals surface area (Å²) in [5.74, 6) is 0.419. The maximum atomic E-state index is 12.9. The number of alkyl halides is 3. The van der Waals surface area contributed by atoms with Crippen LogP contribution in [-0.4, -0.2) is 18.7 Å². The molecule has 0 aromatic heterocycles. The van der Waals surface area contributed by atoms with Gasteiger partial charge in [-0.05, 0) is 50.9 Å². The molecule has 2 aliphatic heterocycles. The van der Waals surface area contributed by atoms with Gasteiger partial charge in [0.1, 0.15) is 11.4 Å². The highest BCUT2D eigenvalue weighted by Crippen LogP contribution is 2.43. The number of fused-ring (bicyclic) bond motifs is 1. The average Bonchev–Trinajstić information content (AvgIpc) is 2.37. The molecular weight excluding hydrogens is 291 g/mol. The van der Waals surface area contributed by atoms with Crippen LogP contribution < -0.4 is 10.1 Å². The summed E-state index contributed by atoms with van der Waals surface area (Å²) in [4.78, 5) is 0. The summed E-state index contributed by atoms with van der Waals surface area (Å²) in [6, 6.07) is 4.23. The second kappa shape index (κ2) is 5.45. The van der Waals surface area contributed by atoms with Crippen LogP contribution in [0.5, 0.6) is 5.75 Å². The first-order valence-electron chi connectivity index (χ1n) is 6.59. The summed E-state index contributed by atoms with van der Waals surface area (Å²) < 4.78 is 44.8. The van der Waals surface area contributed by atoms with Crippen LogP contribution in [0.3, 0.4) is 0 Å². The Hall–Kier alpha value is -0.940. The third kappa shape index (κ3) is 2.74. The fourth-order valence-electron chi connectivity index (χ4n) is 3.06. The molecule has 2 nitrogen and oxygen atoms in total. The Balaban J connectivity index is 0.00000147. The van der Waals surface area contributed by atoms with Crippen LogP contribution in [-0.2, 0) is 12.6 Å². The molecule has 1 aromatic rings. The lowest BCUT2D eigenvalue weighted by atomic mass is 9.82. The largest absolute Gasteiger partial charge is 0.487 e. The van der Waals surface area contributed by atoms with Crippen molar-refractivity contribution >= 4 is 12.4 Å². The normalized spacial score (nSPS) is 20.8. The van der Waals surface area contributed by atoms with Gasteiger partial charge in [0.05, 0.1) is 5.56 Å². The van der Waals surface area contributed by atoms with Crippen LogP contribution >= 0.6 is 12.4 Å². The Kier molecular flexibility index (Phi) is 4.21. The maximum absolute atomic E-state index is 12.9. The zero-order chi connectivity index (χ0) is 13.5. The first kappa shape index (κ1) is 15.4. The zero-order valence-corrected chi connectivity index (χ0v) is 11.7. The van der Waals surface area contributed by atoms with Crippen LogP contribution in [0.1, 0.15) is 30.4 Å². The van der Waals surface area contributed by atoms with E-state index in [0.717, 1.165) is 32.0 Å². The Morgan fingerprint density at radius 1 is 1.10 bits per heavy atom. The van der Waals surface area contributed by atoms with Crippen LogP contribution in [0.4, 0.5) is 13.2 Å². The number of rotatable bonds is 0. The monoisotopic (exact) mass is 307 g/mol. The minimum Gasteiger partial charge on any atom is -0.487 e. The third-order valence-corrected chi connectivity index (χ3v) is 4.11. The van der Waals surface area contributed by atoms with Gasteiger partial charge < -0.3 is 10.1 Å². The fourth-order valence-corrected chi connectivity index (χ4v) is 3.06. The van der Waals surface area contributed by atoms with Crippen LogP contribution in [0, 0.1) is 0 Å². The SMILES string of the molecule is Cl.FC(F)(F)c1cccc2c1CCC1(CCNCC1)O2. The van der Waals surface area contributed by atoms with Crippen molar-refractivity contribution in [2.75, 3.05) is 13.1 Å². The van der Waals surface area contributed by atoms with Crippen LogP contribution in [0.25, 0.3) is 0 Å². The Morgan fingerprint density at radius 3 is 2.45 bits per heavy atom. The summed E-state index contributed by atoms with van der Waals surface area (Å²) in [7, 11) is 0. The van der Waals surface area contributed by atoms with E-state index in [-0.39, 0.29) is 18.0 Å². The molecular formula is C14H17ClF3NO. The Bertz CT molecular complexity index is 484. The minimum atomic E-state index is -4.30. The van der Waals surface area contributed by atoms with Crippen molar-refractivity contribution in [2.24, 2.45) is 0 Å². The standard InChI is InChI=1S/C14H16F3NO.ClH/c15-14(16,17)11-2-1-3-12-10(11)4-5-13(19-12)6-8-18-9-7-13;/h1-3,18H,4-9H2;1H. The summed E-state index contributed by atoms with van der Waals surface area (Å²) in [6.45, 7) is 1.74. The van der Waals surface area contributed by atoms with E-state index in [9.17, 15) is 13.2 Å². The highest BCUT2D eigenvalue weighted by atomic mass is 35.5. The van der Waals surface area contributed by atoms with E-state index in [1.54, 1.807) is 6.07 Å². The topological polar surface area (TPSA) is 21.3 Å². The van der Waals surface area contributed by atoms with Crippen LogP contribution in [0.15, 0.2) is 18.2 Å². The third-order valence-electron chi connectivity index (χ3n) is 4.11. The second-order valence-electron chi connectivity index (χ2n) is 5.32. The van der Waals surface area contributed by atoms with E-state index in [1.807, 2.05) is 0 Å². The molecule has 6 heteroatoms. The lowest BCUT2D eigenvalue weighted by Gasteiger charge is -2.42. The quantitative estimate of drug-likeness (QED) is 0.791. The molecule has 0 saturated carbocycles. The number of hydrogen-bond acceptors (Lipinski definition) is 2. The molecule has 3 rings (SSSR count). The van der Waals surface area contributed by atoms with Gasteiger partial charge in [-0.3, -0.25) is 0 Å². The molecule has 0 amide bonds. The molecule has 0 radical (unpaired) electrons. The number of nitrogens with one attached hydrogen (secondary N) is 1. The van der Waals surface area contributed by atoms with Gasteiger partial charge in [0.15, 0.2) is 0 Å². The fraction of sp³-hybridized carbons (Fsp3) is 0.571. The van der Waals surface area contributed by atoms with Gasteiger partial charge in [0.25, 0.3) is 0 Å². The zero-order valence-electron chi connectivity index (χ0n) is 10.9. The predicted molar refractivity (Wildman–Crippen MR) is 72.5 cm³/mol. The van der Waals surface area contributed by atoms with Gasteiger partial charge in [-0.25, -0.2) is 0 Å². The summed E-state index contributed by atoms with van der Waals surface area (Å²) in [5.41, 5.74) is -0.490. The van der Waals surface area contributed by atoms with Gasteiger partial charge in [-0.1, -0.05) is 6.07 Å². The Labute approximate surface area is 122 Å². The number of halogens is 4. The summed E-state index contributed by atoms with van der Waals surface area (Å²) >= 11 is 0. The molecule has 112 valence electrons. The van der Waals surface area contributed by atoms with Crippen molar-refractivity contribution in [1.29, 1.82) is 0 Å². The molecule has 1 saturated heterocycles. The number of piperidine rings is 1. The van der Waals surface area contributed by atoms with E-state index in [1.165, 1.54) is 6.07 Å². The molecule has 2 heterocycles. The highest BCUT2D eigenvalue weighted by molar-refractivity contribution is 5.85. The number of ether oxygens (including phenoxy) is 1. The minimum absolute atomic E-state index is 0. The van der Waals surface area contributed by atoms with E-state index in [4.69, 9.17) is 4.74 Å². The molecule has 20 heavy (non-hydrogen) atoms. The van der Waals surface area contributed by atoms with Crippen molar-refractivity contribution in [3.63, 3.8) is 0 Å². The van der Waals surface area contributed by atoms with E-state index < -0.39 is 11.7 Å². The summed E-state index contributed by atoms with van der Waals surface area (Å²) in [5, 5.41) is 3.26. The van der Waals surface area contributed by atoms with Crippen molar-refractivity contribution in [3.05, 3.63) is 29.3 Å². The molecule has 0 bridgehead atoms. The van der Waals surface area contributed by atoms with E-state index in [2.05, 4.69) is 5.32 Å². The second-order valence-corrected chi connectivity index (χ2v) is 5.32. The number of benzene rings is 1. The first-order chi connectivity index (χ1) is 9.00. The smallest absolute Gasteiger partial charge is 0.416 e. The molecule has 2 aliphatic rings.